The van der Waals surface area contributed by atoms with Gasteiger partial charge in [0.1, 0.15) is 5.82 Å². The van der Waals surface area contributed by atoms with Gasteiger partial charge in [0.25, 0.3) is 5.56 Å². The van der Waals surface area contributed by atoms with E-state index in [4.69, 9.17) is 9.47 Å². The molecule has 4 heterocycles. The van der Waals surface area contributed by atoms with Gasteiger partial charge in [-0.3, -0.25) is 28.4 Å². The zero-order valence-electron chi connectivity index (χ0n) is 18.5. The number of carbonyl (C=O) groups is 2. The van der Waals surface area contributed by atoms with Crippen LogP contribution in [0.3, 0.4) is 0 Å². The lowest BCUT2D eigenvalue weighted by molar-refractivity contribution is -0.135. The molecule has 3 aliphatic rings. The number of benzene rings is 1. The molecular formula is C22H25N5O6. The number of amides is 2. The molecule has 1 aromatic carbocycles. The van der Waals surface area contributed by atoms with Crippen LogP contribution < -0.4 is 26.0 Å². The fraction of sp³-hybridized carbons (Fsp3) is 0.455. The summed E-state index contributed by atoms with van der Waals surface area (Å²) < 4.78 is 13.0. The van der Waals surface area contributed by atoms with Crippen LogP contribution in [0.2, 0.25) is 0 Å². The van der Waals surface area contributed by atoms with Gasteiger partial charge >= 0.3 is 5.69 Å². The van der Waals surface area contributed by atoms with E-state index in [0.717, 1.165) is 28.2 Å². The quantitative estimate of drug-likeness (QED) is 0.666. The predicted octanol–water partition coefficient (Wildman–Crippen LogP) is -0.417. The lowest BCUT2D eigenvalue weighted by atomic mass is 9.98. The topological polar surface area (TPSA) is 115 Å². The van der Waals surface area contributed by atoms with Crippen LogP contribution in [-0.4, -0.2) is 63.7 Å². The lowest BCUT2D eigenvalue weighted by Crippen LogP contribution is -2.48. The maximum Gasteiger partial charge on any atom is 0.332 e. The number of rotatable bonds is 4. The van der Waals surface area contributed by atoms with Crippen molar-refractivity contribution in [3.8, 4) is 11.5 Å². The van der Waals surface area contributed by atoms with Gasteiger partial charge in [-0.05, 0) is 17.7 Å². The average molecular weight is 455 g/mol. The Morgan fingerprint density at radius 1 is 1.03 bits per heavy atom. The molecule has 0 unspecified atom stereocenters. The first-order valence-electron chi connectivity index (χ1n) is 10.8. The molecule has 174 valence electrons. The second-order valence-electron chi connectivity index (χ2n) is 8.56. The second-order valence-corrected chi connectivity index (χ2v) is 8.56. The van der Waals surface area contributed by atoms with E-state index in [1.54, 1.807) is 4.90 Å². The molecule has 11 nitrogen and oxygen atoms in total. The number of hydrogen-bond acceptors (Lipinski definition) is 7. The molecule has 1 N–H and O–H groups in total. The zero-order valence-corrected chi connectivity index (χ0v) is 18.5. The van der Waals surface area contributed by atoms with E-state index in [0.29, 0.717) is 26.2 Å². The van der Waals surface area contributed by atoms with Gasteiger partial charge in [-0.2, -0.15) is 0 Å². The highest BCUT2D eigenvalue weighted by atomic mass is 16.7. The summed E-state index contributed by atoms with van der Waals surface area (Å²) in [6.45, 7) is 3.45. The average Bonchev–Trinajstić information content (AvgIpc) is 3.41. The molecule has 2 aromatic rings. The van der Waals surface area contributed by atoms with Crippen LogP contribution in [0.5, 0.6) is 11.5 Å². The number of fused-ring (bicyclic) bond motifs is 2. The Morgan fingerprint density at radius 2 is 1.76 bits per heavy atom. The van der Waals surface area contributed by atoms with Crippen LogP contribution >= 0.6 is 0 Å². The molecule has 1 aromatic heterocycles. The Bertz CT molecular complexity index is 1260. The van der Waals surface area contributed by atoms with Gasteiger partial charge in [-0.1, -0.05) is 6.07 Å². The number of hydrogen-bond donors (Lipinski definition) is 1. The second kappa shape index (κ2) is 8.07. The minimum absolute atomic E-state index is 0.103. The SMILES string of the molecule is Cn1c2c(c(=O)n(C)c1=O)[C@H](CC(=O)N1CCN(Cc3ccc4c(c3)OCO4)CC1)C(=O)N2. The molecule has 2 amide bonds. The molecule has 1 fully saturated rings. The van der Waals surface area contributed by atoms with Crippen molar-refractivity contribution in [3.63, 3.8) is 0 Å². The van der Waals surface area contributed by atoms with Crippen molar-refractivity contribution in [3.05, 3.63) is 50.2 Å². The number of ether oxygens (including phenoxy) is 2. The van der Waals surface area contributed by atoms with Gasteiger partial charge in [0.15, 0.2) is 11.5 Å². The highest BCUT2D eigenvalue weighted by Crippen LogP contribution is 2.33. The van der Waals surface area contributed by atoms with Crippen molar-refractivity contribution in [1.82, 2.24) is 18.9 Å². The molecule has 1 saturated heterocycles. The first-order chi connectivity index (χ1) is 15.8. The zero-order chi connectivity index (χ0) is 23.3. The van der Waals surface area contributed by atoms with Crippen molar-refractivity contribution in [2.24, 2.45) is 14.1 Å². The molecule has 33 heavy (non-hydrogen) atoms. The Hall–Kier alpha value is -3.60. The number of nitrogens with zero attached hydrogens (tertiary/aromatic N) is 4. The molecule has 0 aliphatic carbocycles. The van der Waals surface area contributed by atoms with Crippen molar-refractivity contribution < 1.29 is 19.1 Å². The third-order valence-corrected chi connectivity index (χ3v) is 6.55. The van der Waals surface area contributed by atoms with E-state index in [-0.39, 0.29) is 30.5 Å². The molecule has 1 atom stereocenters. The van der Waals surface area contributed by atoms with Crippen LogP contribution in [0, 0.1) is 0 Å². The van der Waals surface area contributed by atoms with Crippen molar-refractivity contribution in [2.75, 3.05) is 38.3 Å². The van der Waals surface area contributed by atoms with E-state index in [1.165, 1.54) is 18.7 Å². The molecular weight excluding hydrogens is 430 g/mol. The van der Waals surface area contributed by atoms with Gasteiger partial charge in [0.2, 0.25) is 18.6 Å². The summed E-state index contributed by atoms with van der Waals surface area (Å²) in [7, 11) is 2.86. The summed E-state index contributed by atoms with van der Waals surface area (Å²) in [6.07, 6.45) is -0.103. The smallest absolute Gasteiger partial charge is 0.332 e. The lowest BCUT2D eigenvalue weighted by Gasteiger charge is -2.35. The highest BCUT2D eigenvalue weighted by Gasteiger charge is 2.38. The molecule has 5 rings (SSSR count). The van der Waals surface area contributed by atoms with Crippen LogP contribution in [0.4, 0.5) is 5.82 Å². The van der Waals surface area contributed by atoms with Gasteiger partial charge in [-0.15, -0.1) is 0 Å². The van der Waals surface area contributed by atoms with Crippen LogP contribution in [0.15, 0.2) is 27.8 Å². The third-order valence-electron chi connectivity index (χ3n) is 6.55. The molecule has 0 radical (unpaired) electrons. The van der Waals surface area contributed by atoms with E-state index >= 15 is 0 Å². The summed E-state index contributed by atoms with van der Waals surface area (Å²) in [4.78, 5) is 54.3. The molecule has 3 aliphatic heterocycles. The monoisotopic (exact) mass is 455 g/mol. The fourth-order valence-corrected chi connectivity index (χ4v) is 4.62. The molecule has 0 bridgehead atoms. The minimum Gasteiger partial charge on any atom is -0.454 e. The molecule has 0 saturated carbocycles. The highest BCUT2D eigenvalue weighted by molar-refractivity contribution is 6.04. The van der Waals surface area contributed by atoms with Crippen LogP contribution in [0.1, 0.15) is 23.5 Å². The Labute approximate surface area is 189 Å². The van der Waals surface area contributed by atoms with E-state index in [1.807, 2.05) is 18.2 Å². The number of carbonyl (C=O) groups excluding carboxylic acids is 2. The first-order valence-corrected chi connectivity index (χ1v) is 10.8. The van der Waals surface area contributed by atoms with E-state index in [9.17, 15) is 19.2 Å². The standard InChI is InChI=1S/C22H25N5O6/c1-24-19-18(21(30)25(2)22(24)31)14(20(29)23-19)10-17(28)27-7-5-26(6-8-27)11-13-3-4-15-16(9-13)33-12-32-15/h3-4,9,14H,5-8,10-12H2,1-2H3,(H,23,29)/t14-/m0/s1. The van der Waals surface area contributed by atoms with Gasteiger partial charge in [0.05, 0.1) is 11.5 Å². The first kappa shape index (κ1) is 21.3. The summed E-state index contributed by atoms with van der Waals surface area (Å²) in [5, 5.41) is 2.60. The number of nitrogens with one attached hydrogen (secondary N) is 1. The molecule has 11 heteroatoms. The van der Waals surface area contributed by atoms with Crippen LogP contribution in [0.25, 0.3) is 0 Å². The third kappa shape index (κ3) is 3.67. The minimum atomic E-state index is -0.898. The number of anilines is 1. The summed E-state index contributed by atoms with van der Waals surface area (Å²) in [5.74, 6) is 0.172. The molecule has 0 spiro atoms. The Balaban J connectivity index is 1.22. The van der Waals surface area contributed by atoms with Gasteiger partial charge < -0.3 is 19.7 Å². The summed E-state index contributed by atoms with van der Waals surface area (Å²) in [5.41, 5.74) is 0.224. The largest absolute Gasteiger partial charge is 0.454 e. The van der Waals surface area contributed by atoms with Crippen LogP contribution in [-0.2, 0) is 30.2 Å². The fourth-order valence-electron chi connectivity index (χ4n) is 4.62. The predicted molar refractivity (Wildman–Crippen MR) is 117 cm³/mol. The van der Waals surface area contributed by atoms with Crippen molar-refractivity contribution in [2.45, 2.75) is 18.9 Å². The van der Waals surface area contributed by atoms with Gasteiger partial charge in [-0.25, -0.2) is 4.79 Å². The number of aromatic nitrogens is 2. The van der Waals surface area contributed by atoms with Gasteiger partial charge in [0, 0.05) is 53.2 Å². The number of piperazine rings is 1. The summed E-state index contributed by atoms with van der Waals surface area (Å²) in [6, 6.07) is 5.89. The van der Waals surface area contributed by atoms with E-state index < -0.39 is 23.1 Å². The Kier molecular flexibility index (Phi) is 5.20. The maximum atomic E-state index is 13.0. The Morgan fingerprint density at radius 3 is 2.52 bits per heavy atom. The maximum absolute atomic E-state index is 13.0. The normalized spacial score (nSPS) is 19.5. The summed E-state index contributed by atoms with van der Waals surface area (Å²) >= 11 is 0. The van der Waals surface area contributed by atoms with Crippen molar-refractivity contribution in [1.29, 1.82) is 0 Å². The van der Waals surface area contributed by atoms with Crippen molar-refractivity contribution >= 4 is 17.6 Å². The van der Waals surface area contributed by atoms with E-state index in [2.05, 4.69) is 10.2 Å².